The second kappa shape index (κ2) is 17.3. The first-order chi connectivity index (χ1) is 25.0. The van der Waals surface area contributed by atoms with Gasteiger partial charge in [-0.25, -0.2) is 0 Å². The van der Waals surface area contributed by atoms with Crippen LogP contribution in [0.2, 0.25) is 0 Å². The average Bonchev–Trinajstić information content (AvgIpc) is 3.18. The zero-order valence-corrected chi connectivity index (χ0v) is 30.0. The molecule has 2 nitrogen and oxygen atoms in total. The summed E-state index contributed by atoms with van der Waals surface area (Å²) in [6.07, 6.45) is 11.4. The van der Waals surface area contributed by atoms with Crippen LogP contribution < -0.4 is 0 Å². The molecule has 0 aromatic heterocycles. The summed E-state index contributed by atoms with van der Waals surface area (Å²) in [7, 11) is 0. The molecular formula is C49H46N2. The lowest BCUT2D eigenvalue weighted by atomic mass is 9.95. The van der Waals surface area contributed by atoms with E-state index in [-0.39, 0.29) is 0 Å². The molecule has 2 heteroatoms. The molecule has 0 saturated heterocycles. The molecule has 0 radical (unpaired) electrons. The van der Waals surface area contributed by atoms with Gasteiger partial charge in [-0.2, -0.15) is 10.5 Å². The van der Waals surface area contributed by atoms with Crippen molar-refractivity contribution >= 4 is 0 Å². The Morgan fingerprint density at radius 2 is 0.588 bits per heavy atom. The van der Waals surface area contributed by atoms with E-state index in [0.29, 0.717) is 11.1 Å². The summed E-state index contributed by atoms with van der Waals surface area (Å²) in [6, 6.07) is 51.2. The molecule has 252 valence electrons. The van der Waals surface area contributed by atoms with E-state index in [9.17, 15) is 0 Å². The van der Waals surface area contributed by atoms with Crippen LogP contribution in [0.4, 0.5) is 0 Å². The van der Waals surface area contributed by atoms with Gasteiger partial charge in [-0.15, -0.1) is 0 Å². The Hall–Kier alpha value is -5.70. The maximum Gasteiger partial charge on any atom is 0.0991 e. The van der Waals surface area contributed by atoms with Gasteiger partial charge in [0, 0.05) is 0 Å². The maximum absolute atomic E-state index is 9.05. The second-order valence-corrected chi connectivity index (χ2v) is 13.8. The fourth-order valence-electron chi connectivity index (χ4n) is 7.01. The summed E-state index contributed by atoms with van der Waals surface area (Å²) in [6.45, 7) is 4.49. The Bertz CT molecular complexity index is 1970. The Morgan fingerprint density at radius 1 is 0.333 bits per heavy atom. The molecule has 0 aliphatic rings. The number of aryl methyl sites for hydroxylation is 4. The monoisotopic (exact) mass is 662 g/mol. The van der Waals surface area contributed by atoms with E-state index in [1.54, 1.807) is 0 Å². The highest BCUT2D eigenvalue weighted by atomic mass is 14.2. The summed E-state index contributed by atoms with van der Waals surface area (Å²) < 4.78 is 0. The summed E-state index contributed by atoms with van der Waals surface area (Å²) >= 11 is 0. The molecule has 0 saturated carbocycles. The molecule has 0 aliphatic carbocycles. The molecule has 0 fully saturated rings. The van der Waals surface area contributed by atoms with Gasteiger partial charge in [0.1, 0.15) is 0 Å². The molecular weight excluding hydrogens is 617 g/mol. The summed E-state index contributed by atoms with van der Waals surface area (Å²) in [5, 5.41) is 18.1. The minimum atomic E-state index is 0.688. The Labute approximate surface area is 304 Å². The molecule has 6 rings (SSSR count). The van der Waals surface area contributed by atoms with Gasteiger partial charge < -0.3 is 0 Å². The van der Waals surface area contributed by atoms with E-state index in [4.69, 9.17) is 10.5 Å². The highest BCUT2D eigenvalue weighted by molar-refractivity contribution is 5.72. The molecule has 6 aromatic rings. The van der Waals surface area contributed by atoms with Gasteiger partial charge in [-0.1, -0.05) is 141 Å². The minimum absolute atomic E-state index is 0.688. The van der Waals surface area contributed by atoms with Crippen LogP contribution in [0.1, 0.15) is 78.3 Å². The van der Waals surface area contributed by atoms with E-state index in [1.165, 1.54) is 101 Å². The number of benzene rings is 6. The van der Waals surface area contributed by atoms with Crippen molar-refractivity contribution < 1.29 is 0 Å². The topological polar surface area (TPSA) is 47.6 Å². The third kappa shape index (κ3) is 9.30. The highest BCUT2D eigenvalue weighted by Gasteiger charge is 2.07. The first-order valence-corrected chi connectivity index (χ1v) is 18.4. The molecule has 0 unspecified atom stereocenters. The molecule has 0 N–H and O–H groups in total. The lowest BCUT2D eigenvalue weighted by Gasteiger charge is -2.11. The first-order valence-electron chi connectivity index (χ1n) is 18.4. The normalized spacial score (nSPS) is 10.8. The standard InChI is InChI=1S/C49H46N2/c1-36-32-48(46-26-22-44(23-27-46)42-16-12-38(34-50)13-17-42)30-20-40(36)10-8-6-4-3-5-7-9-11-41-21-31-49(33-37(41)2)47-28-24-45(25-29-47)43-18-14-39(35-51)15-19-43/h12-33H,3-11H2,1-2H3. The lowest BCUT2D eigenvalue weighted by Crippen LogP contribution is -1.92. The molecule has 0 heterocycles. The number of nitriles is 2. The van der Waals surface area contributed by atoms with Crippen LogP contribution in [0.5, 0.6) is 0 Å². The van der Waals surface area contributed by atoms with Crippen LogP contribution in [0, 0.1) is 36.5 Å². The van der Waals surface area contributed by atoms with Crippen LogP contribution >= 0.6 is 0 Å². The zero-order chi connectivity index (χ0) is 35.4. The predicted molar refractivity (Wildman–Crippen MR) is 213 cm³/mol. The highest BCUT2D eigenvalue weighted by Crippen LogP contribution is 2.29. The van der Waals surface area contributed by atoms with Crippen LogP contribution in [0.25, 0.3) is 44.5 Å². The first kappa shape index (κ1) is 35.1. The van der Waals surface area contributed by atoms with Crippen molar-refractivity contribution in [2.24, 2.45) is 0 Å². The van der Waals surface area contributed by atoms with Gasteiger partial charge in [0.25, 0.3) is 0 Å². The molecule has 0 aliphatic heterocycles. The average molecular weight is 663 g/mol. The van der Waals surface area contributed by atoms with Crippen molar-refractivity contribution in [3.8, 4) is 56.6 Å². The molecule has 6 aromatic carbocycles. The van der Waals surface area contributed by atoms with Crippen molar-refractivity contribution in [3.05, 3.63) is 167 Å². The van der Waals surface area contributed by atoms with Crippen molar-refractivity contribution in [2.75, 3.05) is 0 Å². The predicted octanol–water partition coefficient (Wildman–Crippen LogP) is 13.2. The Balaban J connectivity index is 0.877. The molecule has 0 bridgehead atoms. The number of nitrogens with zero attached hydrogens (tertiary/aromatic N) is 2. The fraction of sp³-hybridized carbons (Fsp3) is 0.224. The lowest BCUT2D eigenvalue weighted by molar-refractivity contribution is 0.578. The smallest absolute Gasteiger partial charge is 0.0991 e. The van der Waals surface area contributed by atoms with E-state index in [1.807, 2.05) is 48.5 Å². The number of hydrogen-bond acceptors (Lipinski definition) is 2. The zero-order valence-electron chi connectivity index (χ0n) is 30.0. The van der Waals surface area contributed by atoms with Gasteiger partial charge in [0.15, 0.2) is 0 Å². The summed E-state index contributed by atoms with van der Waals surface area (Å²) in [5.74, 6) is 0. The number of rotatable bonds is 14. The van der Waals surface area contributed by atoms with Crippen molar-refractivity contribution in [1.82, 2.24) is 0 Å². The quantitative estimate of drug-likeness (QED) is 0.109. The van der Waals surface area contributed by atoms with E-state index in [0.717, 1.165) is 24.0 Å². The third-order valence-corrected chi connectivity index (χ3v) is 10.2. The van der Waals surface area contributed by atoms with Gasteiger partial charge in [0.05, 0.1) is 23.3 Å². The van der Waals surface area contributed by atoms with Gasteiger partial charge >= 0.3 is 0 Å². The van der Waals surface area contributed by atoms with E-state index >= 15 is 0 Å². The number of unbranched alkanes of at least 4 members (excludes halogenated alkanes) is 6. The van der Waals surface area contributed by atoms with Crippen LogP contribution in [-0.2, 0) is 12.8 Å². The Morgan fingerprint density at radius 3 is 0.882 bits per heavy atom. The van der Waals surface area contributed by atoms with Crippen LogP contribution in [0.15, 0.2) is 133 Å². The molecule has 0 amide bonds. The van der Waals surface area contributed by atoms with E-state index in [2.05, 4.69) is 111 Å². The summed E-state index contributed by atoms with van der Waals surface area (Å²) in [4.78, 5) is 0. The van der Waals surface area contributed by atoms with Gasteiger partial charge in [-0.3, -0.25) is 0 Å². The Kier molecular flexibility index (Phi) is 11.9. The largest absolute Gasteiger partial charge is 0.192 e. The minimum Gasteiger partial charge on any atom is -0.192 e. The van der Waals surface area contributed by atoms with Crippen LogP contribution in [-0.4, -0.2) is 0 Å². The van der Waals surface area contributed by atoms with Crippen LogP contribution in [0.3, 0.4) is 0 Å². The van der Waals surface area contributed by atoms with Gasteiger partial charge in [0.2, 0.25) is 0 Å². The molecule has 0 spiro atoms. The summed E-state index contributed by atoms with van der Waals surface area (Å²) in [5.41, 5.74) is 16.7. The van der Waals surface area contributed by atoms with E-state index < -0.39 is 0 Å². The van der Waals surface area contributed by atoms with Gasteiger partial charge in [-0.05, 0) is 131 Å². The van der Waals surface area contributed by atoms with Crippen molar-refractivity contribution in [1.29, 1.82) is 10.5 Å². The molecule has 51 heavy (non-hydrogen) atoms. The maximum atomic E-state index is 9.05. The third-order valence-electron chi connectivity index (χ3n) is 10.2. The SMILES string of the molecule is Cc1cc(-c2ccc(-c3ccc(C#N)cc3)cc2)ccc1CCCCCCCCCc1ccc(-c2ccc(-c3ccc(C#N)cc3)cc2)cc1C. The van der Waals surface area contributed by atoms with Crippen molar-refractivity contribution in [3.63, 3.8) is 0 Å². The second-order valence-electron chi connectivity index (χ2n) is 13.8. The fourth-order valence-corrected chi connectivity index (χ4v) is 7.01. The number of hydrogen-bond donors (Lipinski definition) is 0. The van der Waals surface area contributed by atoms with Crippen molar-refractivity contribution in [2.45, 2.75) is 71.6 Å². The molecule has 0 atom stereocenters.